The molecule has 0 unspecified atom stereocenters. The summed E-state index contributed by atoms with van der Waals surface area (Å²) in [6.07, 6.45) is -0.186. The molecule has 1 aromatic heterocycles. The smallest absolute Gasteiger partial charge is 0.315 e. The Kier molecular flexibility index (Phi) is 2.94. The number of aromatic nitrogens is 2. The van der Waals surface area contributed by atoms with Gasteiger partial charge in [0.1, 0.15) is 0 Å². The minimum Gasteiger partial charge on any atom is -0.318 e. The van der Waals surface area contributed by atoms with Gasteiger partial charge < -0.3 is 5.32 Å². The first-order valence-corrected chi connectivity index (χ1v) is 3.75. The van der Waals surface area contributed by atoms with E-state index in [-0.39, 0.29) is 5.69 Å². The lowest BCUT2D eigenvalue weighted by molar-refractivity contribution is -0.126. The second-order valence-electron chi connectivity index (χ2n) is 2.37. The van der Waals surface area contributed by atoms with Gasteiger partial charge >= 0.3 is 6.43 Å². The zero-order valence-electron chi connectivity index (χ0n) is 7.00. The highest BCUT2D eigenvalue weighted by Crippen LogP contribution is 2.06. The second-order valence-corrected chi connectivity index (χ2v) is 2.37. The van der Waals surface area contributed by atoms with Crippen LogP contribution in [0.4, 0.5) is 14.5 Å². The molecule has 0 fully saturated rings. The van der Waals surface area contributed by atoms with Gasteiger partial charge in [0.2, 0.25) is 0 Å². The van der Waals surface area contributed by atoms with E-state index in [0.29, 0.717) is 6.54 Å². The molecule has 0 aliphatic carbocycles. The van der Waals surface area contributed by atoms with Gasteiger partial charge in [-0.1, -0.05) is 0 Å². The number of alkyl halides is 2. The first-order valence-electron chi connectivity index (χ1n) is 3.75. The van der Waals surface area contributed by atoms with Crippen molar-refractivity contribution in [2.75, 3.05) is 5.32 Å². The van der Waals surface area contributed by atoms with Gasteiger partial charge in [0.25, 0.3) is 5.91 Å². The van der Waals surface area contributed by atoms with Crippen LogP contribution >= 0.6 is 0 Å². The summed E-state index contributed by atoms with van der Waals surface area (Å²) in [4.78, 5) is 10.5. The van der Waals surface area contributed by atoms with Crippen LogP contribution in [0.2, 0.25) is 0 Å². The molecule has 0 saturated carbocycles. The van der Waals surface area contributed by atoms with Crippen molar-refractivity contribution in [2.45, 2.75) is 19.9 Å². The van der Waals surface area contributed by atoms with Gasteiger partial charge in [0.15, 0.2) is 0 Å². The van der Waals surface area contributed by atoms with E-state index in [1.807, 2.05) is 12.2 Å². The summed E-state index contributed by atoms with van der Waals surface area (Å²) in [5, 5.41) is 5.83. The van der Waals surface area contributed by atoms with E-state index >= 15 is 0 Å². The molecule has 0 aromatic carbocycles. The Morgan fingerprint density at radius 3 is 2.92 bits per heavy atom. The van der Waals surface area contributed by atoms with Gasteiger partial charge in [0, 0.05) is 12.7 Å². The third kappa shape index (κ3) is 2.50. The lowest BCUT2D eigenvalue weighted by Gasteiger charge is -1.99. The van der Waals surface area contributed by atoms with E-state index in [0.717, 1.165) is 0 Å². The molecule has 0 aliphatic heterocycles. The minimum absolute atomic E-state index is 0.284. The predicted molar refractivity (Wildman–Crippen MR) is 42.5 cm³/mol. The number of nitrogens with one attached hydrogen (secondary N) is 1. The van der Waals surface area contributed by atoms with Crippen LogP contribution < -0.4 is 5.32 Å². The van der Waals surface area contributed by atoms with E-state index in [9.17, 15) is 13.6 Å². The topological polar surface area (TPSA) is 46.9 Å². The molecule has 13 heavy (non-hydrogen) atoms. The van der Waals surface area contributed by atoms with Crippen molar-refractivity contribution in [3.63, 3.8) is 0 Å². The first kappa shape index (κ1) is 9.63. The zero-order chi connectivity index (χ0) is 9.84. The van der Waals surface area contributed by atoms with Crippen LogP contribution in [0.3, 0.4) is 0 Å². The number of aryl methyl sites for hydroxylation is 1. The molecule has 1 N–H and O–H groups in total. The number of hydrogen-bond donors (Lipinski definition) is 1. The standard InChI is InChI=1S/C7H9F2N3O/c1-2-12-4-5(3-10-12)11-7(13)6(8)9/h3-4,6H,2H2,1H3,(H,11,13). The summed E-state index contributed by atoms with van der Waals surface area (Å²) < 4.78 is 25.1. The summed E-state index contributed by atoms with van der Waals surface area (Å²) >= 11 is 0. The maximum Gasteiger partial charge on any atom is 0.315 e. The Labute approximate surface area is 73.5 Å². The van der Waals surface area contributed by atoms with E-state index in [2.05, 4.69) is 5.10 Å². The van der Waals surface area contributed by atoms with E-state index in [1.165, 1.54) is 17.1 Å². The largest absolute Gasteiger partial charge is 0.318 e. The van der Waals surface area contributed by atoms with Crippen molar-refractivity contribution < 1.29 is 13.6 Å². The average Bonchev–Trinajstić information content (AvgIpc) is 2.52. The Morgan fingerprint density at radius 1 is 1.77 bits per heavy atom. The normalized spacial score (nSPS) is 10.5. The van der Waals surface area contributed by atoms with Crippen molar-refractivity contribution in [1.82, 2.24) is 9.78 Å². The van der Waals surface area contributed by atoms with Gasteiger partial charge in [-0.25, -0.2) is 0 Å². The monoisotopic (exact) mass is 189 g/mol. The number of nitrogens with zero attached hydrogens (tertiary/aromatic N) is 2. The molecule has 1 rings (SSSR count). The Balaban J connectivity index is 2.59. The molecule has 6 heteroatoms. The highest BCUT2D eigenvalue weighted by molar-refractivity contribution is 5.92. The summed E-state index contributed by atoms with van der Waals surface area (Å²) in [6, 6.07) is 0. The molecule has 1 amide bonds. The highest BCUT2D eigenvalue weighted by Gasteiger charge is 2.15. The van der Waals surface area contributed by atoms with E-state index < -0.39 is 12.3 Å². The number of carbonyl (C=O) groups is 1. The van der Waals surface area contributed by atoms with Gasteiger partial charge in [0.05, 0.1) is 11.9 Å². The third-order valence-electron chi connectivity index (χ3n) is 1.42. The lowest BCUT2D eigenvalue weighted by Crippen LogP contribution is -2.19. The summed E-state index contributed by atoms with van der Waals surface area (Å²) in [6.45, 7) is 2.48. The van der Waals surface area contributed by atoms with Crippen LogP contribution in [-0.4, -0.2) is 22.1 Å². The number of carbonyl (C=O) groups excluding carboxylic acids is 1. The van der Waals surface area contributed by atoms with Crippen LogP contribution in [0.5, 0.6) is 0 Å². The van der Waals surface area contributed by atoms with Gasteiger partial charge in [-0.3, -0.25) is 9.48 Å². The fourth-order valence-corrected chi connectivity index (χ4v) is 0.798. The van der Waals surface area contributed by atoms with Crippen molar-refractivity contribution in [1.29, 1.82) is 0 Å². The predicted octanol–water partition coefficient (Wildman–Crippen LogP) is 1.11. The second kappa shape index (κ2) is 3.97. The molecule has 1 heterocycles. The molecule has 4 nitrogen and oxygen atoms in total. The zero-order valence-corrected chi connectivity index (χ0v) is 7.00. The Bertz CT molecular complexity index is 298. The van der Waals surface area contributed by atoms with Crippen LogP contribution in [0.1, 0.15) is 6.92 Å². The van der Waals surface area contributed by atoms with Crippen LogP contribution in [-0.2, 0) is 11.3 Å². The Hall–Kier alpha value is -1.46. The van der Waals surface area contributed by atoms with Crippen LogP contribution in [0, 0.1) is 0 Å². The molecule has 0 spiro atoms. The fraction of sp³-hybridized carbons (Fsp3) is 0.429. The molecular weight excluding hydrogens is 180 g/mol. The lowest BCUT2D eigenvalue weighted by atomic mass is 10.5. The molecule has 0 aliphatic rings. The van der Waals surface area contributed by atoms with Crippen molar-refractivity contribution in [3.05, 3.63) is 12.4 Å². The number of rotatable bonds is 3. The van der Waals surface area contributed by atoms with E-state index in [4.69, 9.17) is 0 Å². The van der Waals surface area contributed by atoms with Gasteiger partial charge in [-0.2, -0.15) is 13.9 Å². The SMILES string of the molecule is CCn1cc(NC(=O)C(F)F)cn1. The minimum atomic E-state index is -3.00. The van der Waals surface area contributed by atoms with Crippen LogP contribution in [0.25, 0.3) is 0 Å². The van der Waals surface area contributed by atoms with Crippen molar-refractivity contribution in [2.24, 2.45) is 0 Å². The summed E-state index contributed by atoms with van der Waals surface area (Å²) in [5.41, 5.74) is 0.284. The first-order chi connectivity index (χ1) is 6.13. The van der Waals surface area contributed by atoms with Gasteiger partial charge in [-0.05, 0) is 6.92 Å². The molecule has 0 bridgehead atoms. The van der Waals surface area contributed by atoms with Crippen molar-refractivity contribution >= 4 is 11.6 Å². The summed E-state index contributed by atoms with van der Waals surface area (Å²) in [5.74, 6) is -1.31. The number of halogens is 2. The number of anilines is 1. The summed E-state index contributed by atoms with van der Waals surface area (Å²) in [7, 11) is 0. The molecule has 0 saturated heterocycles. The maximum absolute atomic E-state index is 11.8. The highest BCUT2D eigenvalue weighted by atomic mass is 19.3. The molecular formula is C7H9F2N3O. The third-order valence-corrected chi connectivity index (χ3v) is 1.42. The van der Waals surface area contributed by atoms with Gasteiger partial charge in [-0.15, -0.1) is 0 Å². The quantitative estimate of drug-likeness (QED) is 0.774. The maximum atomic E-state index is 11.8. The molecule has 1 aromatic rings. The van der Waals surface area contributed by atoms with E-state index in [1.54, 1.807) is 0 Å². The number of amides is 1. The molecule has 0 atom stereocenters. The van der Waals surface area contributed by atoms with Crippen LogP contribution in [0.15, 0.2) is 12.4 Å². The average molecular weight is 189 g/mol. The fourth-order valence-electron chi connectivity index (χ4n) is 0.798. The number of hydrogen-bond acceptors (Lipinski definition) is 2. The molecule has 0 radical (unpaired) electrons. The van der Waals surface area contributed by atoms with Crippen molar-refractivity contribution in [3.8, 4) is 0 Å². The molecule has 72 valence electrons. The Morgan fingerprint density at radius 2 is 2.46 bits per heavy atom.